The number of sulfone groups is 1. The van der Waals surface area contributed by atoms with Gasteiger partial charge in [-0.3, -0.25) is 14.8 Å². The molecule has 116 valence electrons. The van der Waals surface area contributed by atoms with Crippen molar-refractivity contribution in [2.75, 3.05) is 16.2 Å². The van der Waals surface area contributed by atoms with Crippen LogP contribution >= 0.6 is 0 Å². The van der Waals surface area contributed by atoms with E-state index in [4.69, 9.17) is 0 Å². The maximum Gasteiger partial charge on any atom is 0.271 e. The van der Waals surface area contributed by atoms with Crippen LogP contribution in [-0.4, -0.2) is 38.5 Å². The molecule has 1 aromatic rings. The van der Waals surface area contributed by atoms with Crippen molar-refractivity contribution in [3.63, 3.8) is 0 Å². The number of non-ortho nitro benzene ring substituents is 1. The zero-order valence-corrected chi connectivity index (χ0v) is 12.2. The van der Waals surface area contributed by atoms with E-state index in [1.165, 1.54) is 0 Å². The number of hydrogen-bond donors (Lipinski definition) is 1. The number of sulfonamides is 1. The maximum absolute atomic E-state index is 13.5. The third kappa shape index (κ3) is 3.47. The molecule has 0 bridgehead atoms. The summed E-state index contributed by atoms with van der Waals surface area (Å²) in [5.74, 6) is -1.78. The van der Waals surface area contributed by atoms with Gasteiger partial charge in [0.2, 0.25) is 10.0 Å². The lowest BCUT2D eigenvalue weighted by atomic mass is 10.3. The Morgan fingerprint density at radius 1 is 1.38 bits per heavy atom. The standard InChI is InChI=1S/C10H11FN2O6S2/c11-9-2-1-7(13(14)15)5-10(9)12-21(18,19)8-3-4-20(16,17)6-8/h1-2,5,8,12H,3-4,6H2. The lowest BCUT2D eigenvalue weighted by molar-refractivity contribution is -0.384. The molecular formula is C10H11FN2O6S2. The van der Waals surface area contributed by atoms with Crippen LogP contribution < -0.4 is 4.72 Å². The van der Waals surface area contributed by atoms with E-state index in [2.05, 4.69) is 0 Å². The summed E-state index contributed by atoms with van der Waals surface area (Å²) in [6, 6.07) is 2.41. The van der Waals surface area contributed by atoms with Crippen molar-refractivity contribution in [1.29, 1.82) is 0 Å². The second-order valence-electron chi connectivity index (χ2n) is 4.59. The number of nitro benzene ring substituents is 1. The first-order valence-corrected chi connectivity index (χ1v) is 9.13. The van der Waals surface area contributed by atoms with Crippen LogP contribution in [0.4, 0.5) is 15.8 Å². The quantitative estimate of drug-likeness (QED) is 0.635. The largest absolute Gasteiger partial charge is 0.280 e. The number of nitro groups is 1. The predicted molar refractivity (Wildman–Crippen MR) is 72.7 cm³/mol. The Hall–Kier alpha value is -1.75. The third-order valence-electron chi connectivity index (χ3n) is 3.04. The van der Waals surface area contributed by atoms with Crippen LogP contribution in [0.3, 0.4) is 0 Å². The highest BCUT2D eigenvalue weighted by molar-refractivity contribution is 7.97. The zero-order chi connectivity index (χ0) is 15.8. The van der Waals surface area contributed by atoms with Gasteiger partial charge in [0, 0.05) is 12.1 Å². The molecule has 0 radical (unpaired) electrons. The molecule has 1 aromatic carbocycles. The van der Waals surface area contributed by atoms with E-state index in [1.54, 1.807) is 0 Å². The van der Waals surface area contributed by atoms with Crippen molar-refractivity contribution in [3.8, 4) is 0 Å². The molecular weight excluding hydrogens is 327 g/mol. The molecule has 1 aliphatic heterocycles. The Labute approximate surface area is 120 Å². The highest BCUT2D eigenvalue weighted by Gasteiger charge is 2.37. The molecule has 8 nitrogen and oxygen atoms in total. The Morgan fingerprint density at radius 3 is 2.57 bits per heavy atom. The van der Waals surface area contributed by atoms with Gasteiger partial charge in [0.1, 0.15) is 5.82 Å². The Kier molecular flexibility index (Phi) is 3.89. The average Bonchev–Trinajstić information content (AvgIpc) is 2.73. The first-order valence-electron chi connectivity index (χ1n) is 5.77. The first-order chi connectivity index (χ1) is 9.61. The van der Waals surface area contributed by atoms with Gasteiger partial charge < -0.3 is 0 Å². The van der Waals surface area contributed by atoms with Crippen molar-refractivity contribution < 1.29 is 26.1 Å². The average molecular weight is 338 g/mol. The molecule has 1 fully saturated rings. The van der Waals surface area contributed by atoms with Crippen LogP contribution in [0.25, 0.3) is 0 Å². The smallest absolute Gasteiger partial charge is 0.271 e. The number of hydrogen-bond acceptors (Lipinski definition) is 6. The Balaban J connectivity index is 2.29. The monoisotopic (exact) mass is 338 g/mol. The summed E-state index contributed by atoms with van der Waals surface area (Å²) in [5.41, 5.74) is -1.05. The van der Waals surface area contributed by atoms with Crippen molar-refractivity contribution in [2.45, 2.75) is 11.7 Å². The molecule has 0 saturated carbocycles. The van der Waals surface area contributed by atoms with E-state index >= 15 is 0 Å². The number of halogens is 1. The highest BCUT2D eigenvalue weighted by atomic mass is 32.2. The molecule has 1 atom stereocenters. The van der Waals surface area contributed by atoms with Gasteiger partial charge in [-0.15, -0.1) is 0 Å². The molecule has 2 rings (SSSR count). The minimum Gasteiger partial charge on any atom is -0.280 e. The van der Waals surface area contributed by atoms with Gasteiger partial charge in [0.25, 0.3) is 5.69 Å². The molecule has 1 N–H and O–H groups in total. The fourth-order valence-corrected chi connectivity index (χ4v) is 6.04. The highest BCUT2D eigenvalue weighted by Crippen LogP contribution is 2.25. The van der Waals surface area contributed by atoms with Crippen LogP contribution in [-0.2, 0) is 19.9 Å². The van der Waals surface area contributed by atoms with Crippen molar-refractivity contribution in [3.05, 3.63) is 34.1 Å². The van der Waals surface area contributed by atoms with E-state index < -0.39 is 53.0 Å². The van der Waals surface area contributed by atoms with E-state index in [9.17, 15) is 31.3 Å². The van der Waals surface area contributed by atoms with Crippen molar-refractivity contribution in [2.24, 2.45) is 0 Å². The summed E-state index contributed by atoms with van der Waals surface area (Å²) in [5, 5.41) is 9.40. The lowest BCUT2D eigenvalue weighted by Crippen LogP contribution is -2.29. The minimum atomic E-state index is -4.14. The van der Waals surface area contributed by atoms with Crippen LogP contribution in [0, 0.1) is 15.9 Å². The van der Waals surface area contributed by atoms with Gasteiger partial charge >= 0.3 is 0 Å². The summed E-state index contributed by atoms with van der Waals surface area (Å²) in [6.45, 7) is 0. The van der Waals surface area contributed by atoms with E-state index in [1.807, 2.05) is 4.72 Å². The van der Waals surface area contributed by atoms with E-state index in [-0.39, 0.29) is 12.2 Å². The van der Waals surface area contributed by atoms with Gasteiger partial charge in [0.15, 0.2) is 9.84 Å². The summed E-state index contributed by atoms with van der Waals surface area (Å²) >= 11 is 0. The van der Waals surface area contributed by atoms with Crippen LogP contribution in [0.15, 0.2) is 18.2 Å². The van der Waals surface area contributed by atoms with Gasteiger partial charge in [0.05, 0.1) is 27.4 Å². The molecule has 0 aliphatic carbocycles. The fraction of sp³-hybridized carbons (Fsp3) is 0.400. The third-order valence-corrected chi connectivity index (χ3v) is 6.81. The molecule has 0 spiro atoms. The molecule has 0 aromatic heterocycles. The topological polar surface area (TPSA) is 123 Å². The van der Waals surface area contributed by atoms with Crippen molar-refractivity contribution in [1.82, 2.24) is 0 Å². The summed E-state index contributed by atoms with van der Waals surface area (Å²) in [4.78, 5) is 9.80. The molecule has 0 amide bonds. The molecule has 1 unspecified atom stereocenters. The van der Waals surface area contributed by atoms with Crippen molar-refractivity contribution >= 4 is 31.2 Å². The minimum absolute atomic E-state index is 0.0891. The summed E-state index contributed by atoms with van der Waals surface area (Å²) in [7, 11) is -7.56. The summed E-state index contributed by atoms with van der Waals surface area (Å²) < 4.78 is 62.0. The molecule has 1 saturated heterocycles. The van der Waals surface area contributed by atoms with Crippen LogP contribution in [0.5, 0.6) is 0 Å². The SMILES string of the molecule is O=[N+]([O-])c1ccc(F)c(NS(=O)(=O)C2CCS(=O)(=O)C2)c1. The van der Waals surface area contributed by atoms with Crippen LogP contribution in [0.1, 0.15) is 6.42 Å². The second kappa shape index (κ2) is 5.22. The number of rotatable bonds is 4. The van der Waals surface area contributed by atoms with Crippen LogP contribution in [0.2, 0.25) is 0 Å². The molecule has 1 heterocycles. The fourth-order valence-electron chi connectivity index (χ4n) is 1.95. The predicted octanol–water partition coefficient (Wildman–Crippen LogP) is 0.663. The number of benzene rings is 1. The number of nitrogens with one attached hydrogen (secondary N) is 1. The number of nitrogens with zero attached hydrogens (tertiary/aromatic N) is 1. The molecule has 21 heavy (non-hydrogen) atoms. The van der Waals surface area contributed by atoms with Gasteiger partial charge in [-0.1, -0.05) is 0 Å². The molecule has 1 aliphatic rings. The lowest BCUT2D eigenvalue weighted by Gasteiger charge is -2.12. The maximum atomic E-state index is 13.5. The Bertz CT molecular complexity index is 790. The molecule has 11 heteroatoms. The van der Waals surface area contributed by atoms with Gasteiger partial charge in [-0.2, -0.15) is 0 Å². The normalized spacial score (nSPS) is 21.1. The van der Waals surface area contributed by atoms with E-state index in [0.29, 0.717) is 0 Å². The van der Waals surface area contributed by atoms with Gasteiger partial charge in [-0.05, 0) is 12.5 Å². The van der Waals surface area contributed by atoms with Gasteiger partial charge in [-0.25, -0.2) is 21.2 Å². The Morgan fingerprint density at radius 2 is 2.05 bits per heavy atom. The second-order valence-corrected chi connectivity index (χ2v) is 8.78. The summed E-state index contributed by atoms with van der Waals surface area (Å²) in [6.07, 6.45) is -0.0891. The number of anilines is 1. The van der Waals surface area contributed by atoms with E-state index in [0.717, 1.165) is 18.2 Å². The first kappa shape index (κ1) is 15.6. The zero-order valence-electron chi connectivity index (χ0n) is 10.5.